The van der Waals surface area contributed by atoms with Crippen molar-refractivity contribution in [3.8, 4) is 6.01 Å². The average Bonchev–Trinajstić information content (AvgIpc) is 2.38. The quantitative estimate of drug-likeness (QED) is 0.849. The number of nitrogens with one attached hydrogen (secondary N) is 1. The van der Waals surface area contributed by atoms with E-state index in [-0.39, 0.29) is 5.95 Å². The molecule has 0 spiro atoms. The van der Waals surface area contributed by atoms with Gasteiger partial charge in [-0.2, -0.15) is 15.0 Å². The zero-order chi connectivity index (χ0) is 13.7. The van der Waals surface area contributed by atoms with Gasteiger partial charge in [-0.1, -0.05) is 13.8 Å². The van der Waals surface area contributed by atoms with Crippen molar-refractivity contribution in [2.75, 3.05) is 17.7 Å². The van der Waals surface area contributed by atoms with E-state index in [1.807, 2.05) is 6.92 Å². The predicted molar refractivity (Wildman–Crippen MR) is 75.1 cm³/mol. The van der Waals surface area contributed by atoms with Crippen LogP contribution < -0.4 is 15.8 Å². The molecule has 1 aromatic rings. The first kappa shape index (κ1) is 13.8. The molecule has 6 heteroatoms. The zero-order valence-electron chi connectivity index (χ0n) is 11.7. The Hall–Kier alpha value is -1.59. The first-order valence-corrected chi connectivity index (χ1v) is 7.08. The van der Waals surface area contributed by atoms with Crippen molar-refractivity contribution in [1.29, 1.82) is 0 Å². The van der Waals surface area contributed by atoms with E-state index in [2.05, 4.69) is 27.2 Å². The van der Waals surface area contributed by atoms with Gasteiger partial charge in [0.15, 0.2) is 0 Å². The summed E-state index contributed by atoms with van der Waals surface area (Å²) in [5.74, 6) is 1.55. The van der Waals surface area contributed by atoms with E-state index in [9.17, 15) is 0 Å². The third-order valence-corrected chi connectivity index (χ3v) is 3.42. The fourth-order valence-corrected chi connectivity index (χ4v) is 2.28. The van der Waals surface area contributed by atoms with Crippen LogP contribution in [-0.4, -0.2) is 27.6 Å². The highest BCUT2D eigenvalue weighted by Gasteiger charge is 2.19. The highest BCUT2D eigenvalue weighted by atomic mass is 16.5. The van der Waals surface area contributed by atoms with Crippen molar-refractivity contribution in [1.82, 2.24) is 15.0 Å². The Bertz CT molecular complexity index is 404. The molecule has 19 heavy (non-hydrogen) atoms. The summed E-state index contributed by atoms with van der Waals surface area (Å²) in [5.41, 5.74) is 5.68. The number of nitrogen functional groups attached to an aromatic ring is 1. The number of nitrogens with zero attached hydrogens (tertiary/aromatic N) is 3. The van der Waals surface area contributed by atoms with Gasteiger partial charge in [-0.05, 0) is 38.0 Å². The fraction of sp³-hybridized carbons (Fsp3) is 0.769. The molecule has 0 aliphatic heterocycles. The van der Waals surface area contributed by atoms with E-state index >= 15 is 0 Å². The highest BCUT2D eigenvalue weighted by molar-refractivity contribution is 5.33. The SMILES string of the molecule is CCCOc1nc(N)nc(NC2CCC(C)CC2)n1. The van der Waals surface area contributed by atoms with Crippen LogP contribution in [0.4, 0.5) is 11.9 Å². The molecule has 0 amide bonds. The minimum Gasteiger partial charge on any atom is -0.463 e. The molecule has 3 N–H and O–H groups in total. The lowest BCUT2D eigenvalue weighted by Gasteiger charge is -2.26. The summed E-state index contributed by atoms with van der Waals surface area (Å²) in [6, 6.07) is 0.734. The van der Waals surface area contributed by atoms with Gasteiger partial charge in [0, 0.05) is 6.04 Å². The van der Waals surface area contributed by atoms with E-state index in [4.69, 9.17) is 10.5 Å². The Morgan fingerprint density at radius 2 is 1.95 bits per heavy atom. The van der Waals surface area contributed by atoms with Crippen molar-refractivity contribution in [3.05, 3.63) is 0 Å². The number of nitrogens with two attached hydrogens (primary N) is 1. The topological polar surface area (TPSA) is 86.0 Å². The molecular formula is C13H23N5O. The Morgan fingerprint density at radius 3 is 2.63 bits per heavy atom. The van der Waals surface area contributed by atoms with Crippen LogP contribution in [0.15, 0.2) is 0 Å². The van der Waals surface area contributed by atoms with Gasteiger partial charge < -0.3 is 15.8 Å². The number of hydrogen-bond acceptors (Lipinski definition) is 6. The minimum absolute atomic E-state index is 0.202. The Labute approximate surface area is 114 Å². The molecular weight excluding hydrogens is 242 g/mol. The second-order valence-corrected chi connectivity index (χ2v) is 5.25. The van der Waals surface area contributed by atoms with Crippen LogP contribution >= 0.6 is 0 Å². The van der Waals surface area contributed by atoms with E-state index in [1.165, 1.54) is 12.8 Å². The van der Waals surface area contributed by atoms with Crippen molar-refractivity contribution in [2.24, 2.45) is 5.92 Å². The molecule has 1 heterocycles. The second kappa shape index (κ2) is 6.54. The molecule has 0 radical (unpaired) electrons. The summed E-state index contributed by atoms with van der Waals surface area (Å²) in [6.07, 6.45) is 5.71. The molecule has 1 aliphatic rings. The predicted octanol–water partition coefficient (Wildman–Crippen LogP) is 2.23. The third kappa shape index (κ3) is 4.22. The smallest absolute Gasteiger partial charge is 0.323 e. The first-order chi connectivity index (χ1) is 9.17. The summed E-state index contributed by atoms with van der Waals surface area (Å²) in [7, 11) is 0. The average molecular weight is 265 g/mol. The standard InChI is InChI=1S/C13H23N5O/c1-3-8-19-13-17-11(14)16-12(18-13)15-10-6-4-9(2)5-7-10/h9-10H,3-8H2,1-2H3,(H3,14,15,16,17,18). The van der Waals surface area contributed by atoms with Crippen LogP contribution in [0.2, 0.25) is 0 Å². The van der Waals surface area contributed by atoms with E-state index in [0.717, 1.165) is 25.2 Å². The van der Waals surface area contributed by atoms with Crippen molar-refractivity contribution >= 4 is 11.9 Å². The number of ether oxygens (including phenoxy) is 1. The summed E-state index contributed by atoms with van der Waals surface area (Å²) in [6.45, 7) is 4.92. The molecule has 1 aromatic heterocycles. The Kier molecular flexibility index (Phi) is 4.76. The molecule has 2 rings (SSSR count). The maximum absolute atomic E-state index is 5.68. The molecule has 0 atom stereocenters. The molecule has 1 aliphatic carbocycles. The van der Waals surface area contributed by atoms with Crippen LogP contribution in [0.3, 0.4) is 0 Å². The molecule has 1 saturated carbocycles. The maximum Gasteiger partial charge on any atom is 0.323 e. The molecule has 0 unspecified atom stereocenters. The van der Waals surface area contributed by atoms with E-state index in [1.54, 1.807) is 0 Å². The molecule has 106 valence electrons. The monoisotopic (exact) mass is 265 g/mol. The molecule has 6 nitrogen and oxygen atoms in total. The van der Waals surface area contributed by atoms with Gasteiger partial charge in [-0.25, -0.2) is 0 Å². The summed E-state index contributed by atoms with van der Waals surface area (Å²) < 4.78 is 5.40. The van der Waals surface area contributed by atoms with Crippen LogP contribution in [0, 0.1) is 5.92 Å². The van der Waals surface area contributed by atoms with Gasteiger partial charge in [-0.3, -0.25) is 0 Å². The number of anilines is 2. The lowest BCUT2D eigenvalue weighted by molar-refractivity contribution is 0.292. The van der Waals surface area contributed by atoms with Crippen LogP contribution in [0.25, 0.3) is 0 Å². The Balaban J connectivity index is 1.97. The van der Waals surface area contributed by atoms with Gasteiger partial charge in [-0.15, -0.1) is 0 Å². The van der Waals surface area contributed by atoms with Crippen molar-refractivity contribution < 1.29 is 4.74 Å². The van der Waals surface area contributed by atoms with Crippen molar-refractivity contribution in [2.45, 2.75) is 52.0 Å². The van der Waals surface area contributed by atoms with Crippen LogP contribution in [0.5, 0.6) is 6.01 Å². The number of aromatic nitrogens is 3. The molecule has 0 aromatic carbocycles. The highest BCUT2D eigenvalue weighted by Crippen LogP contribution is 2.25. The third-order valence-electron chi connectivity index (χ3n) is 3.42. The fourth-order valence-electron chi connectivity index (χ4n) is 2.28. The summed E-state index contributed by atoms with van der Waals surface area (Å²) >= 11 is 0. The van der Waals surface area contributed by atoms with Gasteiger partial charge in [0.2, 0.25) is 11.9 Å². The van der Waals surface area contributed by atoms with Gasteiger partial charge in [0.05, 0.1) is 6.61 Å². The lowest BCUT2D eigenvalue weighted by atomic mass is 9.87. The summed E-state index contributed by atoms with van der Waals surface area (Å²) in [4.78, 5) is 12.3. The lowest BCUT2D eigenvalue weighted by Crippen LogP contribution is -2.26. The van der Waals surface area contributed by atoms with E-state index in [0.29, 0.717) is 24.6 Å². The largest absolute Gasteiger partial charge is 0.463 e. The van der Waals surface area contributed by atoms with Gasteiger partial charge in [0.1, 0.15) is 0 Å². The van der Waals surface area contributed by atoms with Crippen LogP contribution in [-0.2, 0) is 0 Å². The maximum atomic E-state index is 5.68. The molecule has 0 bridgehead atoms. The first-order valence-electron chi connectivity index (χ1n) is 7.08. The zero-order valence-corrected chi connectivity index (χ0v) is 11.7. The number of rotatable bonds is 5. The van der Waals surface area contributed by atoms with Crippen molar-refractivity contribution in [3.63, 3.8) is 0 Å². The van der Waals surface area contributed by atoms with Gasteiger partial charge >= 0.3 is 6.01 Å². The Morgan fingerprint density at radius 1 is 1.21 bits per heavy atom. The van der Waals surface area contributed by atoms with E-state index < -0.39 is 0 Å². The molecule has 1 fully saturated rings. The minimum atomic E-state index is 0.202. The molecule has 0 saturated heterocycles. The van der Waals surface area contributed by atoms with Gasteiger partial charge in [0.25, 0.3) is 0 Å². The number of hydrogen-bond donors (Lipinski definition) is 2. The second-order valence-electron chi connectivity index (χ2n) is 5.25. The normalized spacial score (nSPS) is 23.1. The summed E-state index contributed by atoms with van der Waals surface area (Å²) in [5, 5.41) is 3.34. The van der Waals surface area contributed by atoms with Crippen LogP contribution in [0.1, 0.15) is 46.0 Å².